The number of hydrogen-bond acceptors (Lipinski definition) is 5. The molecule has 2 aromatic rings. The average molecular weight is 357 g/mol. The second-order valence-electron chi connectivity index (χ2n) is 7.83. The van der Waals surface area contributed by atoms with E-state index in [-0.39, 0.29) is 0 Å². The summed E-state index contributed by atoms with van der Waals surface area (Å²) in [5.41, 5.74) is 3.80. The van der Waals surface area contributed by atoms with Gasteiger partial charge in [-0.2, -0.15) is 0 Å². The van der Waals surface area contributed by atoms with E-state index in [1.807, 2.05) is 0 Å². The number of aromatic nitrogens is 3. The number of thiazole rings is 1. The summed E-state index contributed by atoms with van der Waals surface area (Å²) in [5, 5.41) is 3.46. The first kappa shape index (κ1) is 17.1. The smallest absolute Gasteiger partial charge is 0.131 e. The van der Waals surface area contributed by atoms with Gasteiger partial charge in [0.1, 0.15) is 5.82 Å². The predicted octanol–water partition coefficient (Wildman–Crippen LogP) is 4.66. The summed E-state index contributed by atoms with van der Waals surface area (Å²) in [5.74, 6) is 2.22. The number of nitrogens with zero attached hydrogens (tertiary/aromatic N) is 4. The molecule has 0 atom stereocenters. The highest BCUT2D eigenvalue weighted by molar-refractivity contribution is 7.09. The van der Waals surface area contributed by atoms with E-state index < -0.39 is 0 Å². The second kappa shape index (κ2) is 7.50. The van der Waals surface area contributed by atoms with Crippen molar-refractivity contribution < 1.29 is 0 Å². The van der Waals surface area contributed by atoms with Gasteiger partial charge in [-0.1, -0.05) is 33.1 Å². The Balaban J connectivity index is 1.42. The minimum Gasteiger partial charge on any atom is -0.293 e. The Morgan fingerprint density at radius 1 is 1.20 bits per heavy atom. The summed E-state index contributed by atoms with van der Waals surface area (Å²) in [6.45, 7) is 7.38. The van der Waals surface area contributed by atoms with Gasteiger partial charge in [0.25, 0.3) is 0 Å². The fourth-order valence-corrected chi connectivity index (χ4v) is 4.80. The lowest BCUT2D eigenvalue weighted by molar-refractivity contribution is 0.239. The van der Waals surface area contributed by atoms with Crippen LogP contribution in [0.25, 0.3) is 0 Å². The van der Waals surface area contributed by atoms with E-state index in [9.17, 15) is 0 Å². The molecule has 0 radical (unpaired) electrons. The van der Waals surface area contributed by atoms with Crippen LogP contribution in [0.2, 0.25) is 0 Å². The third-order valence-electron chi connectivity index (χ3n) is 5.45. The van der Waals surface area contributed by atoms with Crippen LogP contribution in [-0.4, -0.2) is 26.4 Å². The van der Waals surface area contributed by atoms with Gasteiger partial charge in [0.05, 0.1) is 10.7 Å². The van der Waals surface area contributed by atoms with E-state index >= 15 is 0 Å². The minimum absolute atomic E-state index is 0.521. The molecular weight excluding hydrogens is 328 g/mol. The zero-order chi connectivity index (χ0) is 17.2. The molecular formula is C20H28N4S. The molecule has 0 unspecified atom stereocenters. The van der Waals surface area contributed by atoms with Gasteiger partial charge in [-0.25, -0.2) is 15.0 Å². The summed E-state index contributed by atoms with van der Waals surface area (Å²) in [6.07, 6.45) is 9.74. The van der Waals surface area contributed by atoms with Crippen LogP contribution in [0.15, 0.2) is 11.6 Å². The zero-order valence-electron chi connectivity index (χ0n) is 15.4. The molecule has 25 heavy (non-hydrogen) atoms. The van der Waals surface area contributed by atoms with Crippen LogP contribution in [0, 0.1) is 0 Å². The molecule has 0 N–H and O–H groups in total. The first-order chi connectivity index (χ1) is 12.2. The summed E-state index contributed by atoms with van der Waals surface area (Å²) >= 11 is 1.79. The summed E-state index contributed by atoms with van der Waals surface area (Å²) in [6, 6.07) is 0. The van der Waals surface area contributed by atoms with Crippen molar-refractivity contribution in [1.82, 2.24) is 19.9 Å². The summed E-state index contributed by atoms with van der Waals surface area (Å²) in [4.78, 5) is 16.9. The van der Waals surface area contributed by atoms with Crippen LogP contribution in [0.1, 0.15) is 85.6 Å². The van der Waals surface area contributed by atoms with Crippen LogP contribution in [0.4, 0.5) is 0 Å². The van der Waals surface area contributed by atoms with Gasteiger partial charge in [-0.05, 0) is 12.8 Å². The highest BCUT2D eigenvalue weighted by Crippen LogP contribution is 2.31. The molecule has 4 nitrogen and oxygen atoms in total. The van der Waals surface area contributed by atoms with E-state index in [0.29, 0.717) is 11.8 Å². The van der Waals surface area contributed by atoms with Crippen molar-refractivity contribution in [1.29, 1.82) is 0 Å². The molecule has 5 heteroatoms. The third-order valence-corrected chi connectivity index (χ3v) is 6.65. The summed E-state index contributed by atoms with van der Waals surface area (Å²) in [7, 11) is 0. The van der Waals surface area contributed by atoms with E-state index in [1.54, 1.807) is 11.3 Å². The average Bonchev–Trinajstić information content (AvgIpc) is 3.11. The lowest BCUT2D eigenvalue weighted by Crippen LogP contribution is -2.31. The van der Waals surface area contributed by atoms with Crippen molar-refractivity contribution in [2.24, 2.45) is 0 Å². The Kier molecular flexibility index (Phi) is 5.13. The van der Waals surface area contributed by atoms with Gasteiger partial charge in [0, 0.05) is 60.7 Å². The lowest BCUT2D eigenvalue weighted by Gasteiger charge is -2.28. The largest absolute Gasteiger partial charge is 0.293 e. The first-order valence-electron chi connectivity index (χ1n) is 9.70. The molecule has 0 amide bonds. The Hall–Kier alpha value is -1.33. The normalized spacial score (nSPS) is 19.3. The highest BCUT2D eigenvalue weighted by Gasteiger charge is 2.23. The standard InChI is InChI=1S/C20H28N4S/c1-14(2)20-22-17(13-25-20)12-24-9-8-18-16(11-24)10-21-19(23-18)15-6-4-3-5-7-15/h10,13-15H,3-9,11-12H2,1-2H3. The van der Waals surface area contributed by atoms with Crippen LogP contribution >= 0.6 is 11.3 Å². The van der Waals surface area contributed by atoms with Crippen LogP contribution in [0.5, 0.6) is 0 Å². The van der Waals surface area contributed by atoms with Gasteiger partial charge >= 0.3 is 0 Å². The van der Waals surface area contributed by atoms with Crippen molar-refractivity contribution in [2.75, 3.05) is 6.54 Å². The molecule has 0 bridgehead atoms. The van der Waals surface area contributed by atoms with Crippen molar-refractivity contribution >= 4 is 11.3 Å². The molecule has 1 aliphatic heterocycles. The number of hydrogen-bond donors (Lipinski definition) is 0. The van der Waals surface area contributed by atoms with E-state index in [1.165, 1.54) is 54.1 Å². The molecule has 1 aliphatic carbocycles. The van der Waals surface area contributed by atoms with Gasteiger partial charge < -0.3 is 0 Å². The molecule has 1 fully saturated rings. The fourth-order valence-electron chi connectivity index (χ4n) is 3.97. The van der Waals surface area contributed by atoms with Crippen LogP contribution < -0.4 is 0 Å². The Morgan fingerprint density at radius 2 is 2.04 bits per heavy atom. The Morgan fingerprint density at radius 3 is 2.80 bits per heavy atom. The van der Waals surface area contributed by atoms with E-state index in [0.717, 1.165) is 31.9 Å². The zero-order valence-corrected chi connectivity index (χ0v) is 16.2. The third kappa shape index (κ3) is 3.93. The van der Waals surface area contributed by atoms with E-state index in [4.69, 9.17) is 15.0 Å². The molecule has 2 aromatic heterocycles. The molecule has 1 saturated carbocycles. The van der Waals surface area contributed by atoms with Gasteiger partial charge in [-0.15, -0.1) is 11.3 Å². The second-order valence-corrected chi connectivity index (χ2v) is 8.72. The molecule has 4 rings (SSSR count). The summed E-state index contributed by atoms with van der Waals surface area (Å²) < 4.78 is 0. The van der Waals surface area contributed by atoms with Gasteiger partial charge in [0.15, 0.2) is 0 Å². The topological polar surface area (TPSA) is 41.9 Å². The maximum atomic E-state index is 4.95. The molecule has 134 valence electrons. The Bertz CT molecular complexity index is 718. The minimum atomic E-state index is 0.521. The molecule has 2 aliphatic rings. The van der Waals surface area contributed by atoms with Gasteiger partial charge in [0.2, 0.25) is 0 Å². The molecule has 3 heterocycles. The number of fused-ring (bicyclic) bond motifs is 1. The number of rotatable bonds is 4. The quantitative estimate of drug-likeness (QED) is 0.799. The highest BCUT2D eigenvalue weighted by atomic mass is 32.1. The fraction of sp³-hybridized carbons (Fsp3) is 0.650. The van der Waals surface area contributed by atoms with Gasteiger partial charge in [-0.3, -0.25) is 4.90 Å². The molecule has 0 aromatic carbocycles. The first-order valence-corrected chi connectivity index (χ1v) is 10.6. The SMILES string of the molecule is CC(C)c1nc(CN2CCc3nc(C4CCCCC4)ncc3C2)cs1. The van der Waals surface area contributed by atoms with Crippen molar-refractivity contribution in [2.45, 2.75) is 77.3 Å². The van der Waals surface area contributed by atoms with Crippen molar-refractivity contribution in [3.8, 4) is 0 Å². The lowest BCUT2D eigenvalue weighted by atomic mass is 9.88. The van der Waals surface area contributed by atoms with Crippen LogP contribution in [0.3, 0.4) is 0 Å². The maximum absolute atomic E-state index is 4.95. The van der Waals surface area contributed by atoms with E-state index in [2.05, 4.69) is 30.3 Å². The van der Waals surface area contributed by atoms with Crippen molar-refractivity contribution in [3.63, 3.8) is 0 Å². The molecule has 0 spiro atoms. The molecule has 0 saturated heterocycles. The predicted molar refractivity (Wildman–Crippen MR) is 102 cm³/mol. The Labute approximate surface area is 154 Å². The maximum Gasteiger partial charge on any atom is 0.131 e. The van der Waals surface area contributed by atoms with Crippen LogP contribution in [-0.2, 0) is 19.5 Å². The van der Waals surface area contributed by atoms with Crippen molar-refractivity contribution in [3.05, 3.63) is 39.4 Å². The monoisotopic (exact) mass is 356 g/mol.